The quantitative estimate of drug-likeness (QED) is 0.711. The van der Waals surface area contributed by atoms with Crippen molar-refractivity contribution >= 4 is 33.4 Å². The molecule has 2 heterocycles. The van der Waals surface area contributed by atoms with Crippen molar-refractivity contribution < 1.29 is 4.79 Å². The van der Waals surface area contributed by atoms with Crippen molar-refractivity contribution in [2.75, 3.05) is 5.73 Å². The summed E-state index contributed by atoms with van der Waals surface area (Å²) >= 11 is 1.39. The Morgan fingerprint density at radius 2 is 2.20 bits per heavy atom. The number of aromatic nitrogens is 3. The number of amides is 1. The highest BCUT2D eigenvalue weighted by molar-refractivity contribution is 7.13. The fraction of sp³-hybridized carbons (Fsp3) is 0.389. The first-order valence-electron chi connectivity index (χ1n) is 8.57. The van der Waals surface area contributed by atoms with Crippen molar-refractivity contribution in [1.82, 2.24) is 19.9 Å². The molecule has 0 spiro atoms. The van der Waals surface area contributed by atoms with Gasteiger partial charge in [-0.2, -0.15) is 0 Å². The summed E-state index contributed by atoms with van der Waals surface area (Å²) in [5.74, 6) is 1.68. The van der Waals surface area contributed by atoms with E-state index in [0.29, 0.717) is 24.0 Å². The van der Waals surface area contributed by atoms with Gasteiger partial charge in [-0.05, 0) is 31.9 Å². The van der Waals surface area contributed by atoms with Gasteiger partial charge < -0.3 is 15.6 Å². The van der Waals surface area contributed by atoms with Crippen LogP contribution in [0.25, 0.3) is 11.0 Å². The molecule has 7 heteroatoms. The van der Waals surface area contributed by atoms with Crippen LogP contribution in [0.4, 0.5) is 5.13 Å². The van der Waals surface area contributed by atoms with Crippen molar-refractivity contribution in [2.24, 2.45) is 0 Å². The normalized spacial score (nSPS) is 15.4. The monoisotopic (exact) mass is 355 g/mol. The number of para-hydroxylation sites is 2. The second-order valence-corrected chi connectivity index (χ2v) is 7.42. The molecule has 3 aromatic rings. The van der Waals surface area contributed by atoms with Crippen molar-refractivity contribution in [1.29, 1.82) is 0 Å². The maximum atomic E-state index is 12.4. The number of hydrogen-bond donors (Lipinski definition) is 2. The predicted molar refractivity (Wildman–Crippen MR) is 99.4 cm³/mol. The van der Waals surface area contributed by atoms with Gasteiger partial charge in [-0.3, -0.25) is 4.79 Å². The first kappa shape index (κ1) is 16.1. The van der Waals surface area contributed by atoms with Crippen molar-refractivity contribution in [3.05, 3.63) is 41.2 Å². The summed E-state index contributed by atoms with van der Waals surface area (Å²) in [4.78, 5) is 21.4. The Labute approximate surface area is 150 Å². The molecular weight excluding hydrogens is 334 g/mol. The molecule has 4 rings (SSSR count). The van der Waals surface area contributed by atoms with E-state index in [1.165, 1.54) is 24.2 Å². The Bertz CT molecular complexity index is 911. The Balaban J connectivity index is 1.45. The van der Waals surface area contributed by atoms with Gasteiger partial charge in [-0.25, -0.2) is 9.97 Å². The summed E-state index contributed by atoms with van der Waals surface area (Å²) in [6, 6.07) is 8.00. The van der Waals surface area contributed by atoms with E-state index in [1.54, 1.807) is 0 Å². The van der Waals surface area contributed by atoms with E-state index in [4.69, 9.17) is 10.7 Å². The van der Waals surface area contributed by atoms with E-state index in [2.05, 4.69) is 20.9 Å². The number of imidazole rings is 1. The molecule has 1 unspecified atom stereocenters. The molecule has 0 saturated heterocycles. The largest absolute Gasteiger partial charge is 0.375 e. The Hall–Kier alpha value is -2.41. The maximum Gasteiger partial charge on any atom is 0.222 e. The minimum atomic E-state index is -0.136. The molecule has 0 radical (unpaired) electrons. The number of nitrogens with two attached hydrogens (primary N) is 1. The van der Waals surface area contributed by atoms with Gasteiger partial charge in [0.05, 0.1) is 22.8 Å². The Morgan fingerprint density at radius 1 is 1.40 bits per heavy atom. The van der Waals surface area contributed by atoms with Gasteiger partial charge >= 0.3 is 0 Å². The lowest BCUT2D eigenvalue weighted by Gasteiger charge is -2.13. The number of carbonyl (C=O) groups excluding carboxylic acids is 1. The SMILES string of the molecule is CC(NC(=O)CCn1c(C2CC2)nc2ccccc21)c1csc(N)n1. The summed E-state index contributed by atoms with van der Waals surface area (Å²) in [5, 5.41) is 5.41. The van der Waals surface area contributed by atoms with Gasteiger partial charge in [0.25, 0.3) is 0 Å². The molecule has 1 aromatic carbocycles. The van der Waals surface area contributed by atoms with Gasteiger partial charge in [0.2, 0.25) is 5.91 Å². The van der Waals surface area contributed by atoms with Gasteiger partial charge in [0.15, 0.2) is 5.13 Å². The third kappa shape index (κ3) is 3.37. The van der Waals surface area contributed by atoms with Crippen LogP contribution in [0.2, 0.25) is 0 Å². The molecule has 1 aliphatic rings. The lowest BCUT2D eigenvalue weighted by molar-refractivity contribution is -0.121. The molecular formula is C18H21N5OS. The second kappa shape index (κ2) is 6.48. The number of rotatable bonds is 6. The standard InChI is InChI=1S/C18H21N5OS/c1-11(14-10-25-18(19)22-14)20-16(24)8-9-23-15-5-3-2-4-13(15)21-17(23)12-6-7-12/h2-5,10-12H,6-9H2,1H3,(H2,19,22)(H,20,24). The minimum Gasteiger partial charge on any atom is -0.375 e. The highest BCUT2D eigenvalue weighted by Gasteiger charge is 2.29. The molecule has 1 fully saturated rings. The molecule has 25 heavy (non-hydrogen) atoms. The highest BCUT2D eigenvalue weighted by atomic mass is 32.1. The number of hydrogen-bond acceptors (Lipinski definition) is 5. The van der Waals surface area contributed by atoms with E-state index in [1.807, 2.05) is 30.5 Å². The van der Waals surface area contributed by atoms with Gasteiger partial charge in [-0.1, -0.05) is 12.1 Å². The van der Waals surface area contributed by atoms with Crippen LogP contribution in [0.5, 0.6) is 0 Å². The molecule has 3 N–H and O–H groups in total. The molecule has 1 atom stereocenters. The number of fused-ring (bicyclic) bond motifs is 1. The van der Waals surface area contributed by atoms with Crippen LogP contribution < -0.4 is 11.1 Å². The number of carbonyl (C=O) groups is 1. The van der Waals surface area contributed by atoms with Crippen LogP contribution in [0.1, 0.15) is 49.7 Å². The van der Waals surface area contributed by atoms with E-state index >= 15 is 0 Å². The number of anilines is 1. The van der Waals surface area contributed by atoms with Gasteiger partial charge in [0.1, 0.15) is 5.82 Å². The van der Waals surface area contributed by atoms with E-state index < -0.39 is 0 Å². The summed E-state index contributed by atoms with van der Waals surface area (Å²) in [5.41, 5.74) is 8.59. The molecule has 2 aromatic heterocycles. The second-order valence-electron chi connectivity index (χ2n) is 6.53. The van der Waals surface area contributed by atoms with E-state index in [-0.39, 0.29) is 11.9 Å². The number of thiazole rings is 1. The average molecular weight is 355 g/mol. The number of nitrogens with zero attached hydrogens (tertiary/aromatic N) is 3. The maximum absolute atomic E-state index is 12.4. The molecule has 1 aliphatic carbocycles. The zero-order valence-corrected chi connectivity index (χ0v) is 14.9. The predicted octanol–water partition coefficient (Wildman–Crippen LogP) is 3.22. The van der Waals surface area contributed by atoms with Crippen LogP contribution in [0.15, 0.2) is 29.6 Å². The molecule has 1 saturated carbocycles. The molecule has 1 amide bonds. The number of nitrogens with one attached hydrogen (secondary N) is 1. The van der Waals surface area contributed by atoms with Crippen LogP contribution in [0, 0.1) is 0 Å². The zero-order chi connectivity index (χ0) is 17.4. The minimum absolute atomic E-state index is 0.0126. The van der Waals surface area contributed by atoms with Crippen molar-refractivity contribution in [3.8, 4) is 0 Å². The summed E-state index contributed by atoms with van der Waals surface area (Å²) < 4.78 is 2.21. The first-order chi connectivity index (χ1) is 12.1. The van der Waals surface area contributed by atoms with Crippen LogP contribution in [0.3, 0.4) is 0 Å². The van der Waals surface area contributed by atoms with Crippen molar-refractivity contribution in [3.63, 3.8) is 0 Å². The van der Waals surface area contributed by atoms with Crippen molar-refractivity contribution in [2.45, 2.75) is 44.7 Å². The average Bonchev–Trinajstić information content (AvgIpc) is 3.24. The Morgan fingerprint density at radius 3 is 2.92 bits per heavy atom. The fourth-order valence-electron chi connectivity index (χ4n) is 3.08. The number of aryl methyl sites for hydroxylation is 1. The summed E-state index contributed by atoms with van der Waals surface area (Å²) in [7, 11) is 0. The third-order valence-electron chi connectivity index (χ3n) is 4.55. The lowest BCUT2D eigenvalue weighted by Crippen LogP contribution is -2.27. The number of benzene rings is 1. The van der Waals surface area contributed by atoms with Gasteiger partial charge in [0, 0.05) is 24.3 Å². The smallest absolute Gasteiger partial charge is 0.222 e. The fourth-order valence-corrected chi connectivity index (χ4v) is 3.74. The first-order valence-corrected chi connectivity index (χ1v) is 9.45. The van der Waals surface area contributed by atoms with Crippen LogP contribution >= 0.6 is 11.3 Å². The molecule has 6 nitrogen and oxygen atoms in total. The highest BCUT2D eigenvalue weighted by Crippen LogP contribution is 2.40. The van der Waals surface area contributed by atoms with Crippen LogP contribution in [-0.2, 0) is 11.3 Å². The molecule has 0 bridgehead atoms. The van der Waals surface area contributed by atoms with Gasteiger partial charge in [-0.15, -0.1) is 11.3 Å². The van der Waals surface area contributed by atoms with Crippen LogP contribution in [-0.4, -0.2) is 20.4 Å². The topological polar surface area (TPSA) is 85.8 Å². The zero-order valence-electron chi connectivity index (χ0n) is 14.1. The lowest BCUT2D eigenvalue weighted by atomic mass is 10.2. The Kier molecular flexibility index (Phi) is 4.17. The summed E-state index contributed by atoms with van der Waals surface area (Å²) in [6.45, 7) is 2.57. The van der Waals surface area contributed by atoms with E-state index in [9.17, 15) is 4.79 Å². The third-order valence-corrected chi connectivity index (χ3v) is 5.24. The number of nitrogen functional groups attached to an aromatic ring is 1. The summed E-state index contributed by atoms with van der Waals surface area (Å²) in [6.07, 6.45) is 2.81. The molecule has 130 valence electrons. The van der Waals surface area contributed by atoms with E-state index in [0.717, 1.165) is 22.6 Å². The molecule has 0 aliphatic heterocycles.